The summed E-state index contributed by atoms with van der Waals surface area (Å²) in [5.41, 5.74) is 1.31. The van der Waals surface area contributed by atoms with Crippen LogP contribution in [0.4, 0.5) is 0 Å². The van der Waals surface area contributed by atoms with Gasteiger partial charge in [-0.1, -0.05) is 44.2 Å². The largest absolute Gasteiger partial charge is 0.507 e. The molecule has 0 saturated heterocycles. The van der Waals surface area contributed by atoms with E-state index in [9.17, 15) is 40.4 Å². The second-order valence-electron chi connectivity index (χ2n) is 9.46. The molecule has 12 nitrogen and oxygen atoms in total. The fourth-order valence-electron chi connectivity index (χ4n) is 4.53. The molecule has 5 atom stereocenters. The lowest BCUT2D eigenvalue weighted by Crippen LogP contribution is -2.59. The van der Waals surface area contributed by atoms with Crippen molar-refractivity contribution in [3.63, 3.8) is 0 Å². The molecule has 6 N–H and O–H groups in total. The van der Waals surface area contributed by atoms with Crippen LogP contribution >= 0.6 is 0 Å². The van der Waals surface area contributed by atoms with E-state index >= 15 is 0 Å². The lowest BCUT2D eigenvalue weighted by Gasteiger charge is -2.40. The van der Waals surface area contributed by atoms with Gasteiger partial charge >= 0.3 is 5.97 Å². The first-order valence-corrected chi connectivity index (χ1v) is 12.2. The molecule has 0 radical (unpaired) electrons. The summed E-state index contributed by atoms with van der Waals surface area (Å²) < 4.78 is 6.73. The normalized spacial score (nSPS) is 20.5. The molecule has 1 aliphatic rings. The number of aliphatic hydroxyl groups is 3. The van der Waals surface area contributed by atoms with Gasteiger partial charge in [-0.3, -0.25) is 4.79 Å². The highest BCUT2D eigenvalue weighted by molar-refractivity contribution is 5.97. The number of carbonyl (C=O) groups excluding carboxylic acids is 1. The van der Waals surface area contributed by atoms with Gasteiger partial charge in [0.2, 0.25) is 11.7 Å². The van der Waals surface area contributed by atoms with E-state index in [0.717, 1.165) is 6.08 Å². The minimum Gasteiger partial charge on any atom is -0.507 e. The number of rotatable bonds is 8. The Morgan fingerprint density at radius 3 is 2.46 bits per heavy atom. The highest BCUT2D eigenvalue weighted by Crippen LogP contribution is 2.37. The fraction of sp³-hybridized carbons (Fsp3) is 0.333. The molecule has 3 aromatic rings. The maximum Gasteiger partial charge on any atom is 0.370 e. The lowest BCUT2D eigenvalue weighted by molar-refractivity contribution is -0.147. The molecular weight excluding hydrogens is 508 g/mol. The van der Waals surface area contributed by atoms with E-state index in [0.29, 0.717) is 22.0 Å². The molecule has 2 heterocycles. The first-order valence-electron chi connectivity index (χ1n) is 12.2. The highest BCUT2D eigenvalue weighted by atomic mass is 16.5. The number of carboxylic acid groups (broad SMARTS) is 1. The summed E-state index contributed by atoms with van der Waals surface area (Å²) in [7, 11) is 0. The number of nitrogens with zero attached hydrogens (tertiary/aromatic N) is 3. The summed E-state index contributed by atoms with van der Waals surface area (Å²) in [4.78, 5) is 24.8. The molecule has 39 heavy (non-hydrogen) atoms. The van der Waals surface area contributed by atoms with Crippen LogP contribution in [0.25, 0.3) is 22.0 Å². The van der Waals surface area contributed by atoms with Crippen molar-refractivity contribution in [2.45, 2.75) is 44.2 Å². The minimum absolute atomic E-state index is 0.0135. The predicted octanol–water partition coefficient (Wildman–Crippen LogP) is 1.04. The first kappa shape index (κ1) is 27.6. The SMILES string of the molecule is CC(C)C(=O)N[C@H]1[C@H]([C@H](O)[C@H](O)CO)OC(C(=O)O)=C[C@@H]1n1nc2c(-c3ccccc3O)cccc2c1C#N. The zero-order valence-electron chi connectivity index (χ0n) is 21.1. The van der Waals surface area contributed by atoms with Crippen LogP contribution < -0.4 is 5.32 Å². The van der Waals surface area contributed by atoms with E-state index in [1.54, 1.807) is 50.2 Å². The number of hydrogen-bond acceptors (Lipinski definition) is 9. The Balaban J connectivity index is 1.97. The van der Waals surface area contributed by atoms with Gasteiger partial charge in [0.25, 0.3) is 0 Å². The Bertz CT molecular complexity index is 1470. The number of para-hydroxylation sites is 1. The van der Waals surface area contributed by atoms with Crippen molar-refractivity contribution in [3.05, 3.63) is 60.0 Å². The number of aromatic nitrogens is 2. The molecule has 0 saturated carbocycles. The third kappa shape index (κ3) is 5.15. The fourth-order valence-corrected chi connectivity index (χ4v) is 4.53. The summed E-state index contributed by atoms with van der Waals surface area (Å²) in [5, 5.41) is 68.5. The molecule has 12 heteroatoms. The van der Waals surface area contributed by atoms with Crippen LogP contribution in [0.5, 0.6) is 5.75 Å². The van der Waals surface area contributed by atoms with Crippen LogP contribution in [0.3, 0.4) is 0 Å². The van der Waals surface area contributed by atoms with E-state index in [2.05, 4.69) is 16.5 Å². The van der Waals surface area contributed by atoms with Gasteiger partial charge in [-0.25, -0.2) is 9.48 Å². The quantitative estimate of drug-likeness (QED) is 0.242. The third-order valence-corrected chi connectivity index (χ3v) is 6.58. The average Bonchev–Trinajstić information content (AvgIpc) is 3.31. The van der Waals surface area contributed by atoms with Crippen LogP contribution in [0.1, 0.15) is 25.6 Å². The van der Waals surface area contributed by atoms with Crippen LogP contribution in [0.15, 0.2) is 54.3 Å². The number of phenolic OH excluding ortho intramolecular Hbond substituents is 1. The van der Waals surface area contributed by atoms with Crippen LogP contribution in [0.2, 0.25) is 0 Å². The van der Waals surface area contributed by atoms with E-state index in [-0.39, 0.29) is 11.4 Å². The molecule has 0 spiro atoms. The number of benzene rings is 2. The van der Waals surface area contributed by atoms with Gasteiger partial charge < -0.3 is 35.6 Å². The Kier molecular flexibility index (Phi) is 7.87. The number of hydrogen-bond donors (Lipinski definition) is 6. The van der Waals surface area contributed by atoms with E-state index in [1.165, 1.54) is 10.7 Å². The van der Waals surface area contributed by atoms with Crippen molar-refractivity contribution in [1.82, 2.24) is 15.1 Å². The number of aromatic hydroxyl groups is 1. The van der Waals surface area contributed by atoms with Gasteiger partial charge in [0, 0.05) is 22.4 Å². The molecule has 0 aliphatic carbocycles. The van der Waals surface area contributed by atoms with E-state index < -0.39 is 60.6 Å². The molecule has 0 unspecified atom stereocenters. The predicted molar refractivity (Wildman–Crippen MR) is 137 cm³/mol. The molecule has 1 aromatic heterocycles. The van der Waals surface area contributed by atoms with Gasteiger partial charge in [0.05, 0.1) is 18.7 Å². The Morgan fingerprint density at radius 1 is 1.15 bits per heavy atom. The first-order chi connectivity index (χ1) is 18.6. The minimum atomic E-state index is -1.81. The number of phenols is 1. The molecular formula is C27H28N4O8. The van der Waals surface area contributed by atoms with E-state index in [1.807, 2.05) is 0 Å². The Labute approximate surface area is 223 Å². The van der Waals surface area contributed by atoms with Crippen molar-refractivity contribution >= 4 is 22.8 Å². The standard InChI is InChI=1S/C27H28N4O8/c1-13(2)26(36)29-23-17(10-21(27(37)38)39-25(23)24(35)20(34)12-32)31-18(11-28)16-8-5-7-15(22(16)30-31)14-6-3-4-9-19(14)33/h3-10,13,17,20,23-25,32-35H,12H2,1-2H3,(H,29,36)(H,37,38)/t17-,20+,23+,24+,25+/m0/s1. The summed E-state index contributed by atoms with van der Waals surface area (Å²) in [5.74, 6) is -3.10. The zero-order chi connectivity index (χ0) is 28.4. The maximum absolute atomic E-state index is 12.8. The summed E-state index contributed by atoms with van der Waals surface area (Å²) in [6.45, 7) is 2.39. The molecule has 0 fully saturated rings. The number of aliphatic hydroxyl groups excluding tert-OH is 3. The molecule has 1 aliphatic heterocycles. The van der Waals surface area contributed by atoms with E-state index in [4.69, 9.17) is 4.74 Å². The topological polar surface area (TPSA) is 198 Å². The molecule has 1 amide bonds. The molecule has 0 bridgehead atoms. The number of carboxylic acids is 1. The van der Waals surface area contributed by atoms with Crippen molar-refractivity contribution in [3.8, 4) is 22.9 Å². The number of ether oxygens (including phenoxy) is 1. The van der Waals surface area contributed by atoms with Crippen molar-refractivity contribution in [1.29, 1.82) is 5.26 Å². The van der Waals surface area contributed by atoms with Gasteiger partial charge in [-0.2, -0.15) is 10.4 Å². The monoisotopic (exact) mass is 536 g/mol. The van der Waals surface area contributed by atoms with Crippen molar-refractivity contribution < 1.29 is 39.9 Å². The van der Waals surface area contributed by atoms with Gasteiger partial charge in [0.15, 0.2) is 0 Å². The summed E-state index contributed by atoms with van der Waals surface area (Å²) in [6.07, 6.45) is -3.91. The number of fused-ring (bicyclic) bond motifs is 1. The van der Waals surface area contributed by atoms with Crippen molar-refractivity contribution in [2.75, 3.05) is 6.61 Å². The second-order valence-corrected chi connectivity index (χ2v) is 9.46. The number of carbonyl (C=O) groups is 2. The number of amides is 1. The maximum atomic E-state index is 12.8. The number of nitriles is 1. The third-order valence-electron chi connectivity index (χ3n) is 6.58. The van der Waals surface area contributed by atoms with Gasteiger partial charge in [-0.05, 0) is 18.2 Å². The highest BCUT2D eigenvalue weighted by Gasteiger charge is 2.45. The summed E-state index contributed by atoms with van der Waals surface area (Å²) in [6, 6.07) is 11.3. The second kappa shape index (κ2) is 11.1. The van der Waals surface area contributed by atoms with Crippen molar-refractivity contribution in [2.24, 2.45) is 5.92 Å². The molecule has 2 aromatic carbocycles. The summed E-state index contributed by atoms with van der Waals surface area (Å²) >= 11 is 0. The number of aliphatic carboxylic acids is 1. The van der Waals surface area contributed by atoms with Crippen LogP contribution in [-0.2, 0) is 14.3 Å². The Hall–Kier alpha value is -4.44. The average molecular weight is 537 g/mol. The molecule has 4 rings (SSSR count). The van der Waals surface area contributed by atoms with Gasteiger partial charge in [0.1, 0.15) is 41.3 Å². The zero-order valence-corrected chi connectivity index (χ0v) is 21.1. The molecule has 204 valence electrons. The lowest BCUT2D eigenvalue weighted by atomic mass is 9.91. The van der Waals surface area contributed by atoms with Gasteiger partial charge in [-0.15, -0.1) is 0 Å². The van der Waals surface area contributed by atoms with Crippen LogP contribution in [0, 0.1) is 17.2 Å². The van der Waals surface area contributed by atoms with Crippen LogP contribution in [-0.4, -0.2) is 78.2 Å². The Morgan fingerprint density at radius 2 is 1.85 bits per heavy atom. The number of nitrogens with one attached hydrogen (secondary N) is 1. The smallest absolute Gasteiger partial charge is 0.370 e.